The summed E-state index contributed by atoms with van der Waals surface area (Å²) in [6, 6.07) is 0. The third-order valence-electron chi connectivity index (χ3n) is 2.60. The number of nitrogens with one attached hydrogen (secondary N) is 3. The highest BCUT2D eigenvalue weighted by Crippen LogP contribution is 2.07. The highest BCUT2D eigenvalue weighted by molar-refractivity contribution is 7.90. The van der Waals surface area contributed by atoms with E-state index in [9.17, 15) is 13.2 Å². The molecule has 0 radical (unpaired) electrons. The van der Waals surface area contributed by atoms with Crippen LogP contribution in [0.15, 0.2) is 0 Å². The summed E-state index contributed by atoms with van der Waals surface area (Å²) in [5, 5.41) is 5.23. The molecule has 1 saturated heterocycles. The zero-order valence-electron chi connectivity index (χ0n) is 10.3. The van der Waals surface area contributed by atoms with Crippen LogP contribution in [-0.2, 0) is 14.8 Å². The zero-order valence-corrected chi connectivity index (χ0v) is 11.1. The molecule has 100 valence electrons. The summed E-state index contributed by atoms with van der Waals surface area (Å²) < 4.78 is 25.8. The number of amides is 1. The molecule has 1 aliphatic heterocycles. The molecule has 1 heterocycles. The molecule has 0 aromatic rings. The van der Waals surface area contributed by atoms with E-state index in [4.69, 9.17) is 0 Å². The highest BCUT2D eigenvalue weighted by Gasteiger charge is 2.28. The van der Waals surface area contributed by atoms with Gasteiger partial charge in [0, 0.05) is 13.1 Å². The van der Waals surface area contributed by atoms with Crippen LogP contribution in [-0.4, -0.2) is 45.8 Å². The van der Waals surface area contributed by atoms with Gasteiger partial charge in [0.05, 0.1) is 11.8 Å². The summed E-state index contributed by atoms with van der Waals surface area (Å²) in [5.41, 5.74) is 0. The van der Waals surface area contributed by atoms with Crippen LogP contribution in [0.1, 0.15) is 20.3 Å². The maximum absolute atomic E-state index is 11.7. The Morgan fingerprint density at radius 1 is 1.47 bits per heavy atom. The number of sulfonamides is 1. The lowest BCUT2D eigenvalue weighted by Gasteiger charge is -2.12. The molecule has 1 unspecified atom stereocenters. The van der Waals surface area contributed by atoms with E-state index in [0.717, 1.165) is 0 Å². The van der Waals surface area contributed by atoms with Crippen molar-refractivity contribution < 1.29 is 13.2 Å². The Hall–Kier alpha value is -0.660. The second-order valence-corrected chi connectivity index (χ2v) is 6.72. The predicted octanol–water partition coefficient (Wildman–Crippen LogP) is -0.960. The van der Waals surface area contributed by atoms with Gasteiger partial charge in [-0.3, -0.25) is 4.79 Å². The first-order valence-corrected chi connectivity index (χ1v) is 7.42. The third-order valence-corrected chi connectivity index (χ3v) is 4.42. The lowest BCUT2D eigenvalue weighted by Crippen LogP contribution is -2.42. The lowest BCUT2D eigenvalue weighted by atomic mass is 10.2. The van der Waals surface area contributed by atoms with E-state index in [0.29, 0.717) is 32.0 Å². The molecule has 6 nitrogen and oxygen atoms in total. The van der Waals surface area contributed by atoms with Gasteiger partial charge in [-0.25, -0.2) is 13.1 Å². The van der Waals surface area contributed by atoms with Crippen LogP contribution < -0.4 is 15.4 Å². The summed E-state index contributed by atoms with van der Waals surface area (Å²) in [7, 11) is -3.37. The molecule has 7 heteroatoms. The molecular formula is C10H21N3O3S. The fourth-order valence-electron chi connectivity index (χ4n) is 1.56. The van der Waals surface area contributed by atoms with Gasteiger partial charge >= 0.3 is 0 Å². The summed E-state index contributed by atoms with van der Waals surface area (Å²) in [6.07, 6.45) is 0.600. The molecule has 0 saturated carbocycles. The van der Waals surface area contributed by atoms with Crippen molar-refractivity contribution >= 4 is 15.9 Å². The average molecular weight is 263 g/mol. The Morgan fingerprint density at radius 2 is 2.18 bits per heavy atom. The van der Waals surface area contributed by atoms with Gasteiger partial charge in [-0.2, -0.15) is 0 Å². The molecule has 3 N–H and O–H groups in total. The van der Waals surface area contributed by atoms with Crippen LogP contribution in [0.2, 0.25) is 0 Å². The van der Waals surface area contributed by atoms with Crippen LogP contribution in [0.25, 0.3) is 0 Å². The minimum atomic E-state index is -3.37. The molecule has 1 atom stereocenters. The average Bonchev–Trinajstić information content (AvgIpc) is 2.77. The summed E-state index contributed by atoms with van der Waals surface area (Å²) in [5.74, 6) is 0.0721. The van der Waals surface area contributed by atoms with Gasteiger partial charge in [0.15, 0.2) is 0 Å². The third kappa shape index (κ3) is 5.01. The lowest BCUT2D eigenvalue weighted by molar-refractivity contribution is -0.120. The van der Waals surface area contributed by atoms with Crippen LogP contribution in [0.3, 0.4) is 0 Å². The van der Waals surface area contributed by atoms with Crippen molar-refractivity contribution in [2.24, 2.45) is 5.92 Å². The fraction of sp³-hybridized carbons (Fsp3) is 0.900. The van der Waals surface area contributed by atoms with Crippen LogP contribution in [0.4, 0.5) is 0 Å². The van der Waals surface area contributed by atoms with Gasteiger partial charge in [-0.15, -0.1) is 0 Å². The van der Waals surface area contributed by atoms with Gasteiger partial charge in [-0.05, 0) is 18.9 Å². The van der Waals surface area contributed by atoms with Gasteiger partial charge in [0.2, 0.25) is 15.9 Å². The Labute approximate surface area is 103 Å². The monoisotopic (exact) mass is 263 g/mol. The fourth-order valence-corrected chi connectivity index (χ4v) is 2.89. The van der Waals surface area contributed by atoms with Crippen molar-refractivity contribution in [1.82, 2.24) is 15.4 Å². The number of carbonyl (C=O) groups excluding carboxylic acids is 1. The predicted molar refractivity (Wildman–Crippen MR) is 66.0 cm³/mol. The quantitative estimate of drug-likeness (QED) is 0.576. The summed E-state index contributed by atoms with van der Waals surface area (Å²) in [4.78, 5) is 11.4. The maximum atomic E-state index is 11.7. The second-order valence-electron chi connectivity index (χ2n) is 4.68. The minimum absolute atomic E-state index is 0.175. The maximum Gasteiger partial charge on any atom is 0.235 e. The molecule has 1 rings (SSSR count). The molecule has 0 aromatic heterocycles. The van der Waals surface area contributed by atoms with E-state index in [1.165, 1.54) is 0 Å². The molecule has 1 aliphatic rings. The first-order chi connectivity index (χ1) is 7.92. The molecule has 17 heavy (non-hydrogen) atoms. The van der Waals surface area contributed by atoms with Crippen LogP contribution in [0.5, 0.6) is 0 Å². The van der Waals surface area contributed by atoms with E-state index in [1.54, 1.807) is 0 Å². The van der Waals surface area contributed by atoms with Crippen molar-refractivity contribution in [3.05, 3.63) is 0 Å². The Balaban J connectivity index is 2.31. The number of carbonyl (C=O) groups is 1. The first kappa shape index (κ1) is 14.4. The van der Waals surface area contributed by atoms with Gasteiger partial charge in [-0.1, -0.05) is 13.8 Å². The molecular weight excluding hydrogens is 242 g/mol. The van der Waals surface area contributed by atoms with Crippen molar-refractivity contribution in [1.29, 1.82) is 0 Å². The molecule has 0 aliphatic carbocycles. The Kier molecular flexibility index (Phi) is 5.35. The van der Waals surface area contributed by atoms with Crippen molar-refractivity contribution in [2.45, 2.75) is 25.5 Å². The molecule has 1 amide bonds. The van der Waals surface area contributed by atoms with Gasteiger partial charge in [0.25, 0.3) is 0 Å². The summed E-state index contributed by atoms with van der Waals surface area (Å²) in [6.45, 7) is 5.52. The van der Waals surface area contributed by atoms with Crippen LogP contribution >= 0.6 is 0 Å². The first-order valence-electron chi connectivity index (χ1n) is 5.87. The van der Waals surface area contributed by atoms with Gasteiger partial charge in [0.1, 0.15) is 0 Å². The van der Waals surface area contributed by atoms with Crippen molar-refractivity contribution in [2.75, 3.05) is 26.2 Å². The molecule has 0 spiro atoms. The molecule has 0 bridgehead atoms. The number of rotatable bonds is 6. The van der Waals surface area contributed by atoms with E-state index >= 15 is 0 Å². The summed E-state index contributed by atoms with van der Waals surface area (Å²) >= 11 is 0. The normalized spacial score (nSPS) is 20.8. The van der Waals surface area contributed by atoms with E-state index in [2.05, 4.69) is 15.4 Å². The SMILES string of the molecule is CC(C)CNC(=O)CNS(=O)(=O)C1CCNC1. The number of hydrogen-bond acceptors (Lipinski definition) is 4. The highest BCUT2D eigenvalue weighted by atomic mass is 32.2. The van der Waals surface area contributed by atoms with E-state index in [1.807, 2.05) is 13.8 Å². The minimum Gasteiger partial charge on any atom is -0.355 e. The molecule has 1 fully saturated rings. The van der Waals surface area contributed by atoms with Crippen molar-refractivity contribution in [3.63, 3.8) is 0 Å². The van der Waals surface area contributed by atoms with Crippen molar-refractivity contribution in [3.8, 4) is 0 Å². The molecule has 0 aromatic carbocycles. The smallest absolute Gasteiger partial charge is 0.235 e. The largest absolute Gasteiger partial charge is 0.355 e. The van der Waals surface area contributed by atoms with E-state index < -0.39 is 15.3 Å². The Bertz CT molecular complexity index is 348. The zero-order chi connectivity index (χ0) is 12.9. The number of hydrogen-bond donors (Lipinski definition) is 3. The standard InChI is InChI=1S/C10H21N3O3S/c1-8(2)5-12-10(14)7-13-17(15,16)9-3-4-11-6-9/h8-9,11,13H,3-7H2,1-2H3,(H,12,14). The second kappa shape index (κ2) is 6.32. The van der Waals surface area contributed by atoms with Gasteiger partial charge < -0.3 is 10.6 Å². The Morgan fingerprint density at radius 3 is 2.71 bits per heavy atom. The van der Waals surface area contributed by atoms with E-state index in [-0.39, 0.29) is 12.5 Å². The van der Waals surface area contributed by atoms with Crippen LogP contribution in [0, 0.1) is 5.92 Å². The topological polar surface area (TPSA) is 87.3 Å².